The van der Waals surface area contributed by atoms with E-state index in [0.29, 0.717) is 24.4 Å². The van der Waals surface area contributed by atoms with Crippen LogP contribution in [0, 0.1) is 12.3 Å². The van der Waals surface area contributed by atoms with Gasteiger partial charge in [-0.15, -0.1) is 0 Å². The Morgan fingerprint density at radius 1 is 1.44 bits per heavy atom. The molecular formula is C14H22N2O2. The van der Waals surface area contributed by atoms with Gasteiger partial charge in [0.25, 0.3) is 5.91 Å². The Kier molecular flexibility index (Phi) is 4.07. The van der Waals surface area contributed by atoms with E-state index in [1.807, 2.05) is 0 Å². The maximum atomic E-state index is 12.0. The number of amides is 1. The van der Waals surface area contributed by atoms with Crippen molar-refractivity contribution in [2.24, 2.45) is 11.1 Å². The van der Waals surface area contributed by atoms with Gasteiger partial charge in [-0.05, 0) is 37.8 Å². The Morgan fingerprint density at radius 2 is 2.17 bits per heavy atom. The van der Waals surface area contributed by atoms with Crippen molar-refractivity contribution in [3.8, 4) is 0 Å². The number of nitrogens with two attached hydrogens (primary N) is 1. The van der Waals surface area contributed by atoms with Gasteiger partial charge in [0.15, 0.2) is 0 Å². The van der Waals surface area contributed by atoms with Gasteiger partial charge in [-0.1, -0.05) is 19.3 Å². The molecule has 100 valence electrons. The van der Waals surface area contributed by atoms with Crippen LogP contribution in [0.5, 0.6) is 0 Å². The molecule has 0 aromatic carbocycles. The molecule has 0 aliphatic heterocycles. The molecule has 1 aliphatic rings. The van der Waals surface area contributed by atoms with Crippen LogP contribution in [0.3, 0.4) is 0 Å². The molecule has 0 bridgehead atoms. The highest BCUT2D eigenvalue weighted by Crippen LogP contribution is 2.34. The monoisotopic (exact) mass is 250 g/mol. The smallest absolute Gasteiger partial charge is 0.254 e. The van der Waals surface area contributed by atoms with Crippen molar-refractivity contribution >= 4 is 5.91 Å². The van der Waals surface area contributed by atoms with E-state index in [4.69, 9.17) is 10.2 Å². The molecule has 1 amide bonds. The fraction of sp³-hybridized carbons (Fsp3) is 0.643. The van der Waals surface area contributed by atoms with Gasteiger partial charge in [0.05, 0.1) is 11.8 Å². The summed E-state index contributed by atoms with van der Waals surface area (Å²) < 4.78 is 5.14. The van der Waals surface area contributed by atoms with Crippen LogP contribution < -0.4 is 11.1 Å². The third-order valence-corrected chi connectivity index (χ3v) is 4.07. The molecule has 0 spiro atoms. The molecule has 1 fully saturated rings. The summed E-state index contributed by atoms with van der Waals surface area (Å²) in [4.78, 5) is 12.0. The average molecular weight is 250 g/mol. The van der Waals surface area contributed by atoms with Crippen LogP contribution in [0.2, 0.25) is 0 Å². The fourth-order valence-corrected chi connectivity index (χ4v) is 2.74. The summed E-state index contributed by atoms with van der Waals surface area (Å²) >= 11 is 0. The zero-order chi connectivity index (χ0) is 13.0. The Labute approximate surface area is 108 Å². The van der Waals surface area contributed by atoms with Gasteiger partial charge in [-0.2, -0.15) is 0 Å². The number of furan rings is 1. The van der Waals surface area contributed by atoms with E-state index in [0.717, 1.165) is 12.8 Å². The SMILES string of the molecule is Cc1occc1C(=O)NCC1(CN)CCCCC1. The molecule has 1 saturated carbocycles. The minimum Gasteiger partial charge on any atom is -0.469 e. The Balaban J connectivity index is 1.94. The first kappa shape index (κ1) is 13.1. The summed E-state index contributed by atoms with van der Waals surface area (Å²) in [5.41, 5.74) is 6.63. The van der Waals surface area contributed by atoms with E-state index in [1.165, 1.54) is 19.3 Å². The van der Waals surface area contributed by atoms with Crippen molar-refractivity contribution in [2.75, 3.05) is 13.1 Å². The van der Waals surface area contributed by atoms with E-state index >= 15 is 0 Å². The lowest BCUT2D eigenvalue weighted by atomic mass is 9.74. The molecule has 1 aromatic heterocycles. The highest BCUT2D eigenvalue weighted by atomic mass is 16.3. The standard InChI is InChI=1S/C14H22N2O2/c1-11-12(5-8-18-11)13(17)16-10-14(9-15)6-3-2-4-7-14/h5,8H,2-4,6-7,9-10,15H2,1H3,(H,16,17). The van der Waals surface area contributed by atoms with Crippen LogP contribution in [0.15, 0.2) is 16.7 Å². The zero-order valence-electron chi connectivity index (χ0n) is 11.0. The molecule has 1 heterocycles. The predicted molar refractivity (Wildman–Crippen MR) is 70.4 cm³/mol. The van der Waals surface area contributed by atoms with Gasteiger partial charge in [0, 0.05) is 6.54 Å². The van der Waals surface area contributed by atoms with Crippen molar-refractivity contribution in [2.45, 2.75) is 39.0 Å². The van der Waals surface area contributed by atoms with Crippen LogP contribution in [-0.4, -0.2) is 19.0 Å². The molecule has 1 aromatic rings. The van der Waals surface area contributed by atoms with E-state index in [-0.39, 0.29) is 11.3 Å². The summed E-state index contributed by atoms with van der Waals surface area (Å²) in [6.07, 6.45) is 7.51. The molecule has 18 heavy (non-hydrogen) atoms. The van der Waals surface area contributed by atoms with Crippen LogP contribution >= 0.6 is 0 Å². The molecule has 0 saturated heterocycles. The van der Waals surface area contributed by atoms with Crippen molar-refractivity contribution < 1.29 is 9.21 Å². The number of aryl methyl sites for hydroxylation is 1. The van der Waals surface area contributed by atoms with Crippen LogP contribution in [0.25, 0.3) is 0 Å². The number of carbonyl (C=O) groups is 1. The summed E-state index contributed by atoms with van der Waals surface area (Å²) in [6.45, 7) is 3.12. The van der Waals surface area contributed by atoms with E-state index in [1.54, 1.807) is 19.3 Å². The molecule has 1 aliphatic carbocycles. The van der Waals surface area contributed by atoms with E-state index < -0.39 is 0 Å². The maximum absolute atomic E-state index is 12.0. The lowest BCUT2D eigenvalue weighted by Crippen LogP contribution is -2.43. The Morgan fingerprint density at radius 3 is 2.72 bits per heavy atom. The molecule has 3 N–H and O–H groups in total. The molecular weight excluding hydrogens is 228 g/mol. The molecule has 2 rings (SSSR count). The van der Waals surface area contributed by atoms with Gasteiger partial charge in [0.1, 0.15) is 5.76 Å². The summed E-state index contributed by atoms with van der Waals surface area (Å²) in [5, 5.41) is 3.01. The van der Waals surface area contributed by atoms with E-state index in [2.05, 4.69) is 5.32 Å². The summed E-state index contributed by atoms with van der Waals surface area (Å²) in [5.74, 6) is 0.609. The third kappa shape index (κ3) is 2.75. The quantitative estimate of drug-likeness (QED) is 0.861. The summed E-state index contributed by atoms with van der Waals surface area (Å²) in [7, 11) is 0. The number of hydrogen-bond donors (Lipinski definition) is 2. The first-order valence-corrected chi connectivity index (χ1v) is 6.69. The first-order chi connectivity index (χ1) is 8.67. The molecule has 4 nitrogen and oxygen atoms in total. The van der Waals surface area contributed by atoms with Gasteiger partial charge in [-0.25, -0.2) is 0 Å². The first-order valence-electron chi connectivity index (χ1n) is 6.69. The largest absolute Gasteiger partial charge is 0.469 e. The minimum atomic E-state index is -0.0559. The highest BCUT2D eigenvalue weighted by molar-refractivity contribution is 5.95. The zero-order valence-corrected chi connectivity index (χ0v) is 11.0. The van der Waals surface area contributed by atoms with Gasteiger partial charge in [0.2, 0.25) is 0 Å². The van der Waals surface area contributed by atoms with E-state index in [9.17, 15) is 4.79 Å². The normalized spacial score (nSPS) is 18.6. The van der Waals surface area contributed by atoms with Crippen LogP contribution in [-0.2, 0) is 0 Å². The Bertz CT molecular complexity index is 406. The molecule has 4 heteroatoms. The number of nitrogens with one attached hydrogen (secondary N) is 1. The van der Waals surface area contributed by atoms with Gasteiger partial charge >= 0.3 is 0 Å². The topological polar surface area (TPSA) is 68.3 Å². The van der Waals surface area contributed by atoms with Crippen molar-refractivity contribution in [1.82, 2.24) is 5.32 Å². The Hall–Kier alpha value is -1.29. The van der Waals surface area contributed by atoms with Crippen molar-refractivity contribution in [3.05, 3.63) is 23.7 Å². The predicted octanol–water partition coefficient (Wildman–Crippen LogP) is 2.23. The molecule has 0 radical (unpaired) electrons. The van der Waals surface area contributed by atoms with Crippen molar-refractivity contribution in [3.63, 3.8) is 0 Å². The third-order valence-electron chi connectivity index (χ3n) is 4.07. The lowest BCUT2D eigenvalue weighted by molar-refractivity contribution is 0.0912. The highest BCUT2D eigenvalue weighted by Gasteiger charge is 2.31. The van der Waals surface area contributed by atoms with Crippen LogP contribution in [0.4, 0.5) is 0 Å². The van der Waals surface area contributed by atoms with Gasteiger partial charge in [-0.3, -0.25) is 4.79 Å². The second-order valence-electron chi connectivity index (χ2n) is 5.34. The number of carbonyl (C=O) groups excluding carboxylic acids is 1. The fourth-order valence-electron chi connectivity index (χ4n) is 2.74. The van der Waals surface area contributed by atoms with Crippen LogP contribution in [0.1, 0.15) is 48.2 Å². The second-order valence-corrected chi connectivity index (χ2v) is 5.34. The minimum absolute atomic E-state index is 0.0559. The number of rotatable bonds is 4. The average Bonchev–Trinajstić information content (AvgIpc) is 2.83. The van der Waals surface area contributed by atoms with Gasteiger partial charge < -0.3 is 15.5 Å². The van der Waals surface area contributed by atoms with Crippen molar-refractivity contribution in [1.29, 1.82) is 0 Å². The number of hydrogen-bond acceptors (Lipinski definition) is 3. The lowest BCUT2D eigenvalue weighted by Gasteiger charge is -2.36. The second kappa shape index (κ2) is 5.57. The molecule has 0 unspecified atom stereocenters. The summed E-state index contributed by atoms with van der Waals surface area (Å²) in [6, 6.07) is 1.71. The maximum Gasteiger partial charge on any atom is 0.254 e. The molecule has 0 atom stereocenters.